The van der Waals surface area contributed by atoms with Crippen LogP contribution in [0, 0.1) is 5.92 Å². The topological polar surface area (TPSA) is 123 Å². The molecule has 3 N–H and O–H groups in total. The van der Waals surface area contributed by atoms with E-state index < -0.39 is 5.97 Å². The van der Waals surface area contributed by atoms with E-state index in [9.17, 15) is 14.7 Å². The molecule has 23 heavy (non-hydrogen) atoms. The van der Waals surface area contributed by atoms with Crippen LogP contribution in [-0.2, 0) is 9.53 Å². The van der Waals surface area contributed by atoms with Crippen molar-refractivity contribution in [1.29, 1.82) is 0 Å². The molecule has 0 aromatic carbocycles. The van der Waals surface area contributed by atoms with Crippen molar-refractivity contribution < 1.29 is 19.4 Å². The summed E-state index contributed by atoms with van der Waals surface area (Å²) in [6, 6.07) is 1.53. The minimum Gasteiger partial charge on any atom is -0.478 e. The van der Waals surface area contributed by atoms with Crippen molar-refractivity contribution in [1.82, 2.24) is 14.6 Å². The molecule has 0 saturated carbocycles. The number of methoxy groups -OCH3 is 1. The molecular weight excluding hydrogens is 302 g/mol. The van der Waals surface area contributed by atoms with Crippen LogP contribution < -0.4 is 10.6 Å². The van der Waals surface area contributed by atoms with Crippen LogP contribution in [0.3, 0.4) is 0 Å². The molecule has 0 radical (unpaired) electrons. The van der Waals surface area contributed by atoms with Gasteiger partial charge in [0.2, 0.25) is 5.95 Å². The number of esters is 1. The van der Waals surface area contributed by atoms with E-state index >= 15 is 0 Å². The Hall–Kier alpha value is -2.84. The number of fused-ring (bicyclic) bond motifs is 1. The Kier molecular flexibility index (Phi) is 3.77. The number of nitrogen functional groups attached to an aromatic ring is 1. The van der Waals surface area contributed by atoms with Gasteiger partial charge in [0.05, 0.1) is 24.9 Å². The zero-order valence-corrected chi connectivity index (χ0v) is 12.6. The molecule has 1 atom stereocenters. The number of pyridine rings is 1. The number of piperidine rings is 1. The molecule has 9 nitrogen and oxygen atoms in total. The highest BCUT2D eigenvalue weighted by Crippen LogP contribution is 2.26. The first-order valence-corrected chi connectivity index (χ1v) is 7.21. The van der Waals surface area contributed by atoms with Crippen LogP contribution in [0.15, 0.2) is 12.3 Å². The summed E-state index contributed by atoms with van der Waals surface area (Å²) in [7, 11) is 1.37. The Balaban J connectivity index is 1.99. The molecule has 1 unspecified atom stereocenters. The van der Waals surface area contributed by atoms with Gasteiger partial charge in [-0.05, 0) is 18.9 Å². The SMILES string of the molecule is COC(=O)C1CCCN(c2cc(C(=O)O)c3nc(N)nn3c2)C1. The molecular formula is C14H17N5O4. The van der Waals surface area contributed by atoms with Gasteiger partial charge in [0, 0.05) is 13.1 Å². The lowest BCUT2D eigenvalue weighted by Gasteiger charge is -2.33. The number of ether oxygens (including phenoxy) is 1. The molecule has 2 aromatic rings. The monoisotopic (exact) mass is 319 g/mol. The van der Waals surface area contributed by atoms with Gasteiger partial charge in [0.1, 0.15) is 5.56 Å². The second-order valence-electron chi connectivity index (χ2n) is 5.46. The van der Waals surface area contributed by atoms with Gasteiger partial charge in [-0.3, -0.25) is 4.79 Å². The van der Waals surface area contributed by atoms with Crippen molar-refractivity contribution in [3.63, 3.8) is 0 Å². The number of rotatable bonds is 3. The van der Waals surface area contributed by atoms with Gasteiger partial charge >= 0.3 is 11.9 Å². The summed E-state index contributed by atoms with van der Waals surface area (Å²) < 4.78 is 6.16. The number of nitrogens with two attached hydrogens (primary N) is 1. The maximum atomic E-state index is 11.7. The quantitative estimate of drug-likeness (QED) is 0.779. The number of hydrogen-bond acceptors (Lipinski definition) is 7. The predicted molar refractivity (Wildman–Crippen MR) is 81.3 cm³/mol. The summed E-state index contributed by atoms with van der Waals surface area (Å²) in [6.07, 6.45) is 3.25. The molecule has 1 fully saturated rings. The van der Waals surface area contributed by atoms with E-state index in [4.69, 9.17) is 10.5 Å². The van der Waals surface area contributed by atoms with Crippen molar-refractivity contribution in [3.05, 3.63) is 17.8 Å². The van der Waals surface area contributed by atoms with E-state index in [2.05, 4.69) is 10.1 Å². The number of hydrogen-bond donors (Lipinski definition) is 2. The standard InChI is InChI=1S/C14H17N5O4/c1-23-13(22)8-3-2-4-18(6-8)9-5-10(12(20)21)11-16-14(15)17-19(11)7-9/h5,7-8H,2-4,6H2,1H3,(H2,15,17)(H,20,21). The first-order chi connectivity index (χ1) is 11.0. The summed E-state index contributed by atoms with van der Waals surface area (Å²) in [5.41, 5.74) is 6.43. The second-order valence-corrected chi connectivity index (χ2v) is 5.46. The molecule has 3 heterocycles. The molecule has 3 rings (SSSR count). The minimum absolute atomic E-state index is 0.00994. The molecule has 2 aromatic heterocycles. The molecule has 0 bridgehead atoms. The van der Waals surface area contributed by atoms with Gasteiger partial charge in [-0.1, -0.05) is 0 Å². The number of anilines is 2. The molecule has 1 saturated heterocycles. The number of carbonyl (C=O) groups excluding carboxylic acids is 1. The number of carboxylic acid groups (broad SMARTS) is 1. The minimum atomic E-state index is -1.11. The van der Waals surface area contributed by atoms with Crippen LogP contribution in [-0.4, -0.2) is 51.8 Å². The lowest BCUT2D eigenvalue weighted by atomic mass is 9.98. The Bertz CT molecular complexity index is 772. The Labute approximate surface area is 131 Å². The van der Waals surface area contributed by atoms with Crippen LogP contribution >= 0.6 is 0 Å². The van der Waals surface area contributed by atoms with Crippen molar-refractivity contribution in [2.75, 3.05) is 30.8 Å². The fourth-order valence-electron chi connectivity index (χ4n) is 2.89. The lowest BCUT2D eigenvalue weighted by molar-refractivity contribution is -0.145. The molecule has 1 aliphatic rings. The molecule has 1 aliphatic heterocycles. The Morgan fingerprint density at radius 2 is 2.26 bits per heavy atom. The van der Waals surface area contributed by atoms with E-state index in [1.165, 1.54) is 17.7 Å². The third kappa shape index (κ3) is 2.77. The third-order valence-electron chi connectivity index (χ3n) is 3.99. The highest BCUT2D eigenvalue weighted by molar-refractivity contribution is 5.95. The van der Waals surface area contributed by atoms with Crippen molar-refractivity contribution in [2.45, 2.75) is 12.8 Å². The predicted octanol–water partition coefficient (Wildman–Crippen LogP) is 0.399. The summed E-state index contributed by atoms with van der Waals surface area (Å²) in [4.78, 5) is 29.1. The van der Waals surface area contributed by atoms with Gasteiger partial charge in [-0.25, -0.2) is 9.31 Å². The summed E-state index contributed by atoms with van der Waals surface area (Å²) in [5.74, 6) is -1.57. The highest BCUT2D eigenvalue weighted by atomic mass is 16.5. The van der Waals surface area contributed by atoms with Crippen molar-refractivity contribution in [2.24, 2.45) is 5.92 Å². The van der Waals surface area contributed by atoms with Gasteiger partial charge in [0.15, 0.2) is 5.65 Å². The normalized spacial score (nSPS) is 18.1. The number of carbonyl (C=O) groups is 2. The van der Waals surface area contributed by atoms with E-state index in [1.807, 2.05) is 4.90 Å². The van der Waals surface area contributed by atoms with Gasteiger partial charge in [-0.15, -0.1) is 5.10 Å². The average molecular weight is 319 g/mol. The third-order valence-corrected chi connectivity index (χ3v) is 3.99. The summed E-state index contributed by atoms with van der Waals surface area (Å²) >= 11 is 0. The van der Waals surface area contributed by atoms with E-state index in [1.54, 1.807) is 6.20 Å². The maximum absolute atomic E-state index is 11.7. The van der Waals surface area contributed by atoms with Crippen molar-refractivity contribution >= 4 is 29.2 Å². The van der Waals surface area contributed by atoms with Crippen LogP contribution in [0.5, 0.6) is 0 Å². The van der Waals surface area contributed by atoms with Crippen LogP contribution in [0.4, 0.5) is 11.6 Å². The van der Waals surface area contributed by atoms with E-state index in [0.29, 0.717) is 12.2 Å². The Morgan fingerprint density at radius 1 is 1.48 bits per heavy atom. The van der Waals surface area contributed by atoms with E-state index in [0.717, 1.165) is 19.4 Å². The van der Waals surface area contributed by atoms with Gasteiger partial charge in [0.25, 0.3) is 0 Å². The number of carboxylic acids is 1. The molecule has 9 heteroatoms. The van der Waals surface area contributed by atoms with Gasteiger partial charge < -0.3 is 20.5 Å². The lowest BCUT2D eigenvalue weighted by Crippen LogP contribution is -2.39. The van der Waals surface area contributed by atoms with Crippen LogP contribution in [0.2, 0.25) is 0 Å². The summed E-state index contributed by atoms with van der Waals surface area (Å²) in [5, 5.41) is 13.4. The fraction of sp³-hybridized carbons (Fsp3) is 0.429. The zero-order chi connectivity index (χ0) is 16.6. The zero-order valence-electron chi connectivity index (χ0n) is 12.6. The van der Waals surface area contributed by atoms with Gasteiger partial charge in [-0.2, -0.15) is 4.98 Å². The van der Waals surface area contributed by atoms with E-state index in [-0.39, 0.29) is 29.0 Å². The largest absolute Gasteiger partial charge is 0.478 e. The average Bonchev–Trinajstić information content (AvgIpc) is 2.93. The van der Waals surface area contributed by atoms with Crippen molar-refractivity contribution in [3.8, 4) is 0 Å². The second kappa shape index (κ2) is 5.75. The first-order valence-electron chi connectivity index (χ1n) is 7.21. The van der Waals surface area contributed by atoms with Crippen LogP contribution in [0.25, 0.3) is 5.65 Å². The smallest absolute Gasteiger partial charge is 0.339 e. The number of nitrogens with zero attached hydrogens (tertiary/aromatic N) is 4. The number of aromatic nitrogens is 3. The summed E-state index contributed by atoms with van der Waals surface area (Å²) in [6.45, 7) is 1.20. The highest BCUT2D eigenvalue weighted by Gasteiger charge is 2.27. The fourth-order valence-corrected chi connectivity index (χ4v) is 2.89. The maximum Gasteiger partial charge on any atom is 0.339 e. The molecule has 0 aliphatic carbocycles. The molecule has 0 spiro atoms. The molecule has 122 valence electrons. The molecule has 0 amide bonds. The Morgan fingerprint density at radius 3 is 2.96 bits per heavy atom. The first kappa shape index (κ1) is 15.1. The number of aromatic carboxylic acids is 1. The van der Waals surface area contributed by atoms with Crippen LogP contribution in [0.1, 0.15) is 23.2 Å².